The van der Waals surface area contributed by atoms with Crippen LogP contribution in [0.3, 0.4) is 0 Å². The van der Waals surface area contributed by atoms with Crippen LogP contribution in [0.5, 0.6) is 0 Å². The summed E-state index contributed by atoms with van der Waals surface area (Å²) in [6, 6.07) is 6.45. The van der Waals surface area contributed by atoms with E-state index < -0.39 is 0 Å². The fourth-order valence-corrected chi connectivity index (χ4v) is 2.80. The van der Waals surface area contributed by atoms with Crippen molar-refractivity contribution >= 4 is 11.9 Å². The molecule has 0 bridgehead atoms. The minimum atomic E-state index is 0.310. The van der Waals surface area contributed by atoms with Gasteiger partial charge in [-0.3, -0.25) is 9.89 Å². The van der Waals surface area contributed by atoms with E-state index in [4.69, 9.17) is 10.6 Å². The molecule has 1 aromatic carbocycles. The second kappa shape index (κ2) is 8.28. The molecule has 25 heavy (non-hydrogen) atoms. The summed E-state index contributed by atoms with van der Waals surface area (Å²) >= 11 is 0. The molecule has 1 atom stereocenters. The van der Waals surface area contributed by atoms with Gasteiger partial charge < -0.3 is 10.6 Å². The fraction of sp³-hybridized carbons (Fsp3) is 0.500. The minimum absolute atomic E-state index is 0.310. The molecule has 1 saturated heterocycles. The Hall–Kier alpha value is -2.16. The average molecular weight is 338 g/mol. The third-order valence-corrected chi connectivity index (χ3v) is 4.69. The minimum Gasteiger partial charge on any atom is -0.378 e. The first-order valence-corrected chi connectivity index (χ1v) is 8.85. The monoisotopic (exact) mass is 338 g/mol. The molecule has 1 aromatic rings. The van der Waals surface area contributed by atoms with Crippen LogP contribution < -0.4 is 5.84 Å². The molecule has 0 aromatic heterocycles. The van der Waals surface area contributed by atoms with E-state index in [0.717, 1.165) is 36.4 Å². The molecular weight excluding hydrogens is 312 g/mol. The van der Waals surface area contributed by atoms with Gasteiger partial charge in [0.1, 0.15) is 5.71 Å². The quantitative estimate of drug-likeness (QED) is 0.394. The maximum Gasteiger partial charge on any atom is 0.108 e. The van der Waals surface area contributed by atoms with E-state index in [9.17, 15) is 0 Å². The molecule has 2 fully saturated rings. The molecule has 132 valence electrons. The standard InChI is InChI=1S/C20H26N4O/c1-15-11-17(6-5-16-3-4-16)7-8-19(15)20(23-21)13-22-12-18-14-25-10-9-24(18)2/h7-8,11,13,16,18H,3-4,9-10,12,14,21H2,1-2H3/b22-13?,23-20+. The van der Waals surface area contributed by atoms with Gasteiger partial charge in [-0.1, -0.05) is 17.9 Å². The zero-order chi connectivity index (χ0) is 17.6. The predicted molar refractivity (Wildman–Crippen MR) is 102 cm³/mol. The molecule has 1 aliphatic heterocycles. The molecule has 2 N–H and O–H groups in total. The lowest BCUT2D eigenvalue weighted by Crippen LogP contribution is -2.44. The van der Waals surface area contributed by atoms with Crippen molar-refractivity contribution < 1.29 is 4.74 Å². The van der Waals surface area contributed by atoms with Crippen molar-refractivity contribution in [1.29, 1.82) is 0 Å². The molecule has 1 saturated carbocycles. The molecule has 0 spiro atoms. The maximum absolute atomic E-state index is 5.60. The van der Waals surface area contributed by atoms with Gasteiger partial charge in [-0.15, -0.1) is 0 Å². The van der Waals surface area contributed by atoms with Crippen LogP contribution >= 0.6 is 0 Å². The summed E-state index contributed by atoms with van der Waals surface area (Å²) in [7, 11) is 2.10. The van der Waals surface area contributed by atoms with Gasteiger partial charge in [0.15, 0.2) is 0 Å². The van der Waals surface area contributed by atoms with Crippen LogP contribution in [0.2, 0.25) is 0 Å². The SMILES string of the molecule is Cc1cc(C#CC2CC2)ccc1/C(C=NCC1COCCN1C)=N/N. The highest BCUT2D eigenvalue weighted by atomic mass is 16.5. The van der Waals surface area contributed by atoms with Crippen molar-refractivity contribution in [2.75, 3.05) is 33.4 Å². The number of hydrogen-bond acceptors (Lipinski definition) is 5. The number of aryl methyl sites for hydroxylation is 1. The second-order valence-corrected chi connectivity index (χ2v) is 6.79. The molecule has 0 amide bonds. The van der Waals surface area contributed by atoms with Gasteiger partial charge >= 0.3 is 0 Å². The summed E-state index contributed by atoms with van der Waals surface area (Å²) < 4.78 is 5.51. The first-order valence-electron chi connectivity index (χ1n) is 8.85. The summed E-state index contributed by atoms with van der Waals surface area (Å²) in [5.74, 6) is 12.7. The van der Waals surface area contributed by atoms with E-state index in [-0.39, 0.29) is 0 Å². The highest BCUT2D eigenvalue weighted by Gasteiger charge is 2.19. The summed E-state index contributed by atoms with van der Waals surface area (Å²) in [4.78, 5) is 6.82. The Morgan fingerprint density at radius 2 is 2.28 bits per heavy atom. The van der Waals surface area contributed by atoms with E-state index in [1.807, 2.05) is 12.1 Å². The number of hydrazone groups is 1. The molecule has 0 radical (unpaired) electrons. The van der Waals surface area contributed by atoms with Gasteiger partial charge in [0.05, 0.1) is 25.8 Å². The lowest BCUT2D eigenvalue weighted by Gasteiger charge is -2.31. The zero-order valence-electron chi connectivity index (χ0n) is 15.0. The molecule has 5 heteroatoms. The Kier molecular flexibility index (Phi) is 5.85. The first-order chi connectivity index (χ1) is 12.2. The Morgan fingerprint density at radius 1 is 1.44 bits per heavy atom. The molecule has 5 nitrogen and oxygen atoms in total. The predicted octanol–water partition coefficient (Wildman–Crippen LogP) is 1.82. The van der Waals surface area contributed by atoms with Gasteiger partial charge in [0.2, 0.25) is 0 Å². The maximum atomic E-state index is 5.60. The lowest BCUT2D eigenvalue weighted by atomic mass is 10.0. The van der Waals surface area contributed by atoms with Crippen LogP contribution in [0.15, 0.2) is 28.3 Å². The molecule has 3 rings (SSSR count). The number of ether oxygens (including phenoxy) is 1. The highest BCUT2D eigenvalue weighted by Crippen LogP contribution is 2.27. The van der Waals surface area contributed by atoms with E-state index >= 15 is 0 Å². The first kappa shape index (κ1) is 17.7. The van der Waals surface area contributed by atoms with Crippen molar-refractivity contribution in [3.8, 4) is 11.8 Å². The topological polar surface area (TPSA) is 63.2 Å². The number of likely N-dealkylation sites (N-methyl/N-ethyl adjacent to an activating group) is 1. The summed E-state index contributed by atoms with van der Waals surface area (Å²) in [6.45, 7) is 5.19. The fourth-order valence-electron chi connectivity index (χ4n) is 2.80. The van der Waals surface area contributed by atoms with Gasteiger partial charge in [-0.25, -0.2) is 0 Å². The van der Waals surface area contributed by atoms with E-state index in [0.29, 0.717) is 24.2 Å². The van der Waals surface area contributed by atoms with Crippen LogP contribution in [0, 0.1) is 24.7 Å². The Bertz CT molecular complexity index is 725. The largest absolute Gasteiger partial charge is 0.378 e. The third-order valence-electron chi connectivity index (χ3n) is 4.69. The number of hydrogen-bond donors (Lipinski definition) is 1. The zero-order valence-corrected chi connectivity index (χ0v) is 15.0. The van der Waals surface area contributed by atoms with Crippen molar-refractivity contribution in [3.63, 3.8) is 0 Å². The van der Waals surface area contributed by atoms with Gasteiger partial charge in [0.25, 0.3) is 0 Å². The van der Waals surface area contributed by atoms with Crippen LogP contribution in [-0.2, 0) is 4.74 Å². The van der Waals surface area contributed by atoms with Crippen LogP contribution in [0.1, 0.15) is 29.5 Å². The average Bonchev–Trinajstić information content (AvgIpc) is 3.44. The second-order valence-electron chi connectivity index (χ2n) is 6.79. The molecule has 2 aliphatic rings. The van der Waals surface area contributed by atoms with E-state index in [2.05, 4.69) is 46.9 Å². The summed E-state index contributed by atoms with van der Waals surface area (Å²) in [5.41, 5.74) is 3.84. The number of nitrogens with two attached hydrogens (primary N) is 1. The Labute approximate surface area is 150 Å². The molecule has 1 heterocycles. The van der Waals surface area contributed by atoms with Gasteiger partial charge in [0, 0.05) is 29.8 Å². The number of aliphatic imine (C=N–C) groups is 1. The summed E-state index contributed by atoms with van der Waals surface area (Å²) in [6.07, 6.45) is 4.25. The highest BCUT2D eigenvalue weighted by molar-refractivity contribution is 6.38. The van der Waals surface area contributed by atoms with Crippen molar-refractivity contribution in [1.82, 2.24) is 4.90 Å². The number of benzene rings is 1. The van der Waals surface area contributed by atoms with Crippen molar-refractivity contribution in [2.24, 2.45) is 21.9 Å². The Balaban J connectivity index is 1.66. The van der Waals surface area contributed by atoms with Crippen molar-refractivity contribution in [2.45, 2.75) is 25.8 Å². The Morgan fingerprint density at radius 3 is 2.96 bits per heavy atom. The molecular formula is C20H26N4O. The van der Waals surface area contributed by atoms with Gasteiger partial charge in [-0.05, 0) is 44.5 Å². The lowest BCUT2D eigenvalue weighted by molar-refractivity contribution is 0.00971. The third kappa shape index (κ3) is 4.91. The van der Waals surface area contributed by atoms with Crippen molar-refractivity contribution in [3.05, 3.63) is 34.9 Å². The number of morpholine rings is 1. The van der Waals surface area contributed by atoms with E-state index in [1.165, 1.54) is 12.8 Å². The number of rotatable bonds is 4. The number of nitrogens with zero attached hydrogens (tertiary/aromatic N) is 3. The normalized spacial score (nSPS) is 22.0. The van der Waals surface area contributed by atoms with E-state index in [1.54, 1.807) is 6.21 Å². The van der Waals surface area contributed by atoms with Crippen LogP contribution in [0.4, 0.5) is 0 Å². The smallest absolute Gasteiger partial charge is 0.108 e. The summed E-state index contributed by atoms with van der Waals surface area (Å²) in [5, 5.41) is 3.92. The molecule has 1 aliphatic carbocycles. The van der Waals surface area contributed by atoms with Crippen LogP contribution in [0.25, 0.3) is 0 Å². The van der Waals surface area contributed by atoms with Crippen LogP contribution in [-0.4, -0.2) is 56.2 Å². The van der Waals surface area contributed by atoms with Gasteiger partial charge in [-0.2, -0.15) is 5.10 Å². The molecule has 1 unspecified atom stereocenters.